The molecule has 0 saturated heterocycles. The average Bonchev–Trinajstić information content (AvgIpc) is 3.00. The van der Waals surface area contributed by atoms with Gasteiger partial charge in [-0.05, 0) is 75.6 Å². The fraction of sp³-hybridized carbons (Fsp3) is 0.130. The van der Waals surface area contributed by atoms with Gasteiger partial charge in [0, 0.05) is 0 Å². The van der Waals surface area contributed by atoms with Crippen LogP contribution in [0, 0.1) is 13.8 Å². The summed E-state index contributed by atoms with van der Waals surface area (Å²) in [6.07, 6.45) is 5.67. The summed E-state index contributed by atoms with van der Waals surface area (Å²) >= 11 is 0. The highest BCUT2D eigenvalue weighted by Crippen LogP contribution is 2.48. The molecule has 2 aliphatic rings. The zero-order valence-electron chi connectivity index (χ0n) is 13.5. The molecule has 0 radical (unpaired) electrons. The van der Waals surface area contributed by atoms with E-state index >= 15 is 0 Å². The Morgan fingerprint density at radius 1 is 0.826 bits per heavy atom. The Morgan fingerprint density at radius 3 is 2.48 bits per heavy atom. The van der Waals surface area contributed by atoms with Crippen LogP contribution in [0.5, 0.6) is 0 Å². The van der Waals surface area contributed by atoms with Crippen molar-refractivity contribution >= 4 is 21.9 Å². The topological polar surface area (TPSA) is 0 Å². The zero-order valence-corrected chi connectivity index (χ0v) is 13.5. The first-order valence-corrected chi connectivity index (χ1v) is 8.28. The van der Waals surface area contributed by atoms with E-state index in [4.69, 9.17) is 0 Å². The summed E-state index contributed by atoms with van der Waals surface area (Å²) in [5, 5.41) is 2.77. The Morgan fingerprint density at radius 2 is 1.61 bits per heavy atom. The van der Waals surface area contributed by atoms with Gasteiger partial charge >= 0.3 is 0 Å². The maximum Gasteiger partial charge on any atom is -0.00236 e. The van der Waals surface area contributed by atoms with E-state index in [-0.39, 0.29) is 0 Å². The van der Waals surface area contributed by atoms with Crippen molar-refractivity contribution in [3.63, 3.8) is 0 Å². The Hall–Kier alpha value is -2.60. The number of aryl methyl sites for hydroxylation is 1. The zero-order chi connectivity index (χ0) is 15.6. The van der Waals surface area contributed by atoms with Crippen LogP contribution in [0.3, 0.4) is 0 Å². The van der Waals surface area contributed by atoms with E-state index < -0.39 is 0 Å². The van der Waals surface area contributed by atoms with Crippen LogP contribution in [0.25, 0.3) is 33.0 Å². The average molecular weight is 294 g/mol. The highest BCUT2D eigenvalue weighted by Gasteiger charge is 2.25. The molecule has 110 valence electrons. The lowest BCUT2D eigenvalue weighted by molar-refractivity contribution is 1.35. The van der Waals surface area contributed by atoms with Crippen molar-refractivity contribution in [3.05, 3.63) is 82.9 Å². The Labute approximate surface area is 136 Å². The fourth-order valence-electron chi connectivity index (χ4n) is 4.23. The molecule has 0 aromatic heterocycles. The molecule has 3 aromatic rings. The molecule has 0 N–H and O–H groups in total. The lowest BCUT2D eigenvalue weighted by Gasteiger charge is -2.15. The highest BCUT2D eigenvalue weighted by atomic mass is 14.3. The second-order valence-corrected chi connectivity index (χ2v) is 6.64. The van der Waals surface area contributed by atoms with E-state index in [1.807, 2.05) is 0 Å². The van der Waals surface area contributed by atoms with Crippen LogP contribution >= 0.6 is 0 Å². The van der Waals surface area contributed by atoms with Crippen molar-refractivity contribution in [2.24, 2.45) is 0 Å². The molecule has 0 aliphatic heterocycles. The van der Waals surface area contributed by atoms with Gasteiger partial charge < -0.3 is 0 Å². The van der Waals surface area contributed by atoms with Crippen molar-refractivity contribution in [2.45, 2.75) is 20.3 Å². The number of hydrogen-bond donors (Lipinski definition) is 0. The number of fused-ring (bicyclic) bond motifs is 4. The SMILES string of the molecule is Cc1cc2cccc3c2c(c1C)C1=C(CC=C1)c1ccccc1-3. The van der Waals surface area contributed by atoms with Crippen LogP contribution in [0.1, 0.15) is 28.7 Å². The van der Waals surface area contributed by atoms with Gasteiger partial charge in [0.1, 0.15) is 0 Å². The molecule has 0 amide bonds. The second kappa shape index (κ2) is 4.45. The van der Waals surface area contributed by atoms with Crippen molar-refractivity contribution in [2.75, 3.05) is 0 Å². The summed E-state index contributed by atoms with van der Waals surface area (Å²) in [5.41, 5.74) is 11.3. The molecule has 0 bridgehead atoms. The first-order chi connectivity index (χ1) is 11.3. The van der Waals surface area contributed by atoms with Crippen LogP contribution < -0.4 is 0 Å². The minimum absolute atomic E-state index is 1.04. The third-order valence-corrected chi connectivity index (χ3v) is 5.43. The van der Waals surface area contributed by atoms with Crippen molar-refractivity contribution < 1.29 is 0 Å². The molecule has 0 saturated carbocycles. The van der Waals surface area contributed by atoms with Crippen molar-refractivity contribution in [3.8, 4) is 11.1 Å². The first kappa shape index (κ1) is 12.9. The summed E-state index contributed by atoms with van der Waals surface area (Å²) in [6, 6.07) is 17.9. The summed E-state index contributed by atoms with van der Waals surface area (Å²) < 4.78 is 0. The smallest absolute Gasteiger partial charge is 0.00236 e. The molecule has 0 heterocycles. The van der Waals surface area contributed by atoms with Crippen molar-refractivity contribution in [1.29, 1.82) is 0 Å². The minimum atomic E-state index is 1.04. The lowest BCUT2D eigenvalue weighted by Crippen LogP contribution is -1.94. The second-order valence-electron chi connectivity index (χ2n) is 6.64. The maximum absolute atomic E-state index is 2.34. The summed E-state index contributed by atoms with van der Waals surface area (Å²) in [6.45, 7) is 4.50. The molecule has 0 spiro atoms. The fourth-order valence-corrected chi connectivity index (χ4v) is 4.23. The van der Waals surface area contributed by atoms with Gasteiger partial charge in [-0.3, -0.25) is 0 Å². The van der Waals surface area contributed by atoms with E-state index in [0.717, 1.165) is 6.42 Å². The molecule has 5 rings (SSSR count). The summed E-state index contributed by atoms with van der Waals surface area (Å²) in [5.74, 6) is 0. The monoisotopic (exact) mass is 294 g/mol. The van der Waals surface area contributed by atoms with Gasteiger partial charge in [0.25, 0.3) is 0 Å². The number of benzene rings is 3. The van der Waals surface area contributed by atoms with Crippen LogP contribution in [0.2, 0.25) is 0 Å². The van der Waals surface area contributed by atoms with Gasteiger partial charge in [-0.1, -0.05) is 60.7 Å². The summed E-state index contributed by atoms with van der Waals surface area (Å²) in [4.78, 5) is 0. The van der Waals surface area contributed by atoms with E-state index in [0.29, 0.717) is 0 Å². The molecule has 0 fully saturated rings. The van der Waals surface area contributed by atoms with Crippen LogP contribution in [-0.4, -0.2) is 0 Å². The van der Waals surface area contributed by atoms with Gasteiger partial charge in [-0.15, -0.1) is 0 Å². The number of hydrogen-bond acceptors (Lipinski definition) is 0. The van der Waals surface area contributed by atoms with Gasteiger partial charge in [0.05, 0.1) is 0 Å². The first-order valence-electron chi connectivity index (χ1n) is 8.28. The Bertz CT molecular complexity index is 1050. The molecule has 3 aromatic carbocycles. The molecule has 0 nitrogen and oxygen atoms in total. The molecule has 2 aliphatic carbocycles. The van der Waals surface area contributed by atoms with Gasteiger partial charge in [-0.25, -0.2) is 0 Å². The van der Waals surface area contributed by atoms with E-state index in [1.54, 1.807) is 0 Å². The Balaban J connectivity index is 2.10. The van der Waals surface area contributed by atoms with Crippen LogP contribution in [0.4, 0.5) is 0 Å². The van der Waals surface area contributed by atoms with E-state index in [2.05, 4.69) is 74.5 Å². The van der Waals surface area contributed by atoms with E-state index in [1.165, 1.54) is 55.3 Å². The highest BCUT2D eigenvalue weighted by molar-refractivity contribution is 6.16. The standard InChI is InChI=1S/C23H18/c1-14-13-16-7-5-11-21-18-9-4-3-8-17(18)19-10-6-12-20(19)22(15(14)2)23(16)21/h3-9,11-13H,10H2,1-2H3. The normalized spacial score (nSPS) is 14.9. The predicted molar refractivity (Wildman–Crippen MR) is 99.4 cm³/mol. The van der Waals surface area contributed by atoms with Gasteiger partial charge in [0.2, 0.25) is 0 Å². The third-order valence-electron chi connectivity index (χ3n) is 5.43. The van der Waals surface area contributed by atoms with Crippen LogP contribution in [-0.2, 0) is 0 Å². The van der Waals surface area contributed by atoms with Gasteiger partial charge in [-0.2, -0.15) is 0 Å². The van der Waals surface area contributed by atoms with Gasteiger partial charge in [0.15, 0.2) is 0 Å². The summed E-state index contributed by atoms with van der Waals surface area (Å²) in [7, 11) is 0. The molecular formula is C23H18. The molecule has 0 atom stereocenters. The quantitative estimate of drug-likeness (QED) is 0.456. The number of rotatable bonds is 0. The number of allylic oxidation sites excluding steroid dienone is 4. The molecule has 0 unspecified atom stereocenters. The van der Waals surface area contributed by atoms with Crippen LogP contribution in [0.15, 0.2) is 60.7 Å². The third kappa shape index (κ3) is 1.61. The lowest BCUT2D eigenvalue weighted by atomic mass is 9.88. The van der Waals surface area contributed by atoms with E-state index in [9.17, 15) is 0 Å². The Kier molecular flexibility index (Phi) is 2.50. The largest absolute Gasteiger partial charge is 0.0795 e. The van der Waals surface area contributed by atoms with Crippen molar-refractivity contribution in [1.82, 2.24) is 0 Å². The molecular weight excluding hydrogens is 276 g/mol. The maximum atomic E-state index is 2.34. The molecule has 0 heteroatoms. The minimum Gasteiger partial charge on any atom is -0.0795 e. The predicted octanol–water partition coefficient (Wildman–Crippen LogP) is 6.31. The molecule has 23 heavy (non-hydrogen) atoms.